The molecule has 0 aliphatic carbocycles. The van der Waals surface area contributed by atoms with Gasteiger partial charge in [-0.1, -0.05) is 26.8 Å². The number of nitrogens with zero attached hydrogens (tertiary/aromatic N) is 2. The molecule has 1 N–H and O–H groups in total. The van der Waals surface area contributed by atoms with E-state index in [1.165, 1.54) is 6.08 Å². The highest BCUT2D eigenvalue weighted by Crippen LogP contribution is 2.28. The molecule has 0 aliphatic rings. The normalized spacial score (nSPS) is 14.1. The summed E-state index contributed by atoms with van der Waals surface area (Å²) in [5, 5.41) is 14.1. The van der Waals surface area contributed by atoms with Crippen molar-refractivity contribution in [2.75, 3.05) is 0 Å². The molecular formula is C11H18N2O. The molecule has 0 aliphatic heterocycles. The molecule has 1 atom stereocenters. The smallest absolute Gasteiger partial charge is 0.100 e. The molecule has 3 nitrogen and oxygen atoms in total. The predicted molar refractivity (Wildman–Crippen MR) is 57.1 cm³/mol. The summed E-state index contributed by atoms with van der Waals surface area (Å²) < 4.78 is 1.72. The Hall–Kier alpha value is -1.09. The van der Waals surface area contributed by atoms with E-state index in [4.69, 9.17) is 0 Å². The predicted octanol–water partition coefficient (Wildman–Crippen LogP) is 1.94. The topological polar surface area (TPSA) is 38.0 Å². The molecule has 0 saturated heterocycles. The molecule has 0 radical (unpaired) electrons. The monoisotopic (exact) mass is 194 g/mol. The minimum absolute atomic E-state index is 0.0550. The van der Waals surface area contributed by atoms with Crippen LogP contribution in [0, 0.1) is 0 Å². The summed E-state index contributed by atoms with van der Waals surface area (Å²) in [4.78, 5) is 0. The van der Waals surface area contributed by atoms with E-state index in [0.717, 1.165) is 11.3 Å². The largest absolute Gasteiger partial charge is 0.384 e. The fourth-order valence-electron chi connectivity index (χ4n) is 1.43. The SMILES string of the molecule is C=CC(O)c1cn(C)nc1C(C)(C)C. The lowest BCUT2D eigenvalue weighted by atomic mass is 9.88. The number of aliphatic hydroxyl groups is 1. The van der Waals surface area contributed by atoms with E-state index in [1.807, 2.05) is 13.2 Å². The molecule has 1 heterocycles. The number of hydrogen-bond donors (Lipinski definition) is 1. The second kappa shape index (κ2) is 3.58. The van der Waals surface area contributed by atoms with Crippen LogP contribution in [0.2, 0.25) is 0 Å². The van der Waals surface area contributed by atoms with Crippen molar-refractivity contribution in [3.8, 4) is 0 Å². The fourth-order valence-corrected chi connectivity index (χ4v) is 1.43. The highest BCUT2D eigenvalue weighted by Gasteiger charge is 2.24. The maximum absolute atomic E-state index is 9.72. The average molecular weight is 194 g/mol. The molecule has 1 unspecified atom stereocenters. The van der Waals surface area contributed by atoms with Crippen molar-refractivity contribution < 1.29 is 5.11 Å². The number of rotatable bonds is 2. The van der Waals surface area contributed by atoms with E-state index < -0.39 is 6.10 Å². The maximum Gasteiger partial charge on any atom is 0.100 e. The van der Waals surface area contributed by atoms with Crippen LogP contribution in [0.25, 0.3) is 0 Å². The average Bonchev–Trinajstić information content (AvgIpc) is 2.45. The molecule has 0 bridgehead atoms. The molecule has 3 heteroatoms. The van der Waals surface area contributed by atoms with E-state index in [9.17, 15) is 5.11 Å². The quantitative estimate of drug-likeness (QED) is 0.731. The zero-order valence-electron chi connectivity index (χ0n) is 9.28. The number of hydrogen-bond acceptors (Lipinski definition) is 2. The van der Waals surface area contributed by atoms with E-state index in [0.29, 0.717) is 0 Å². The molecule has 1 aromatic rings. The molecule has 0 amide bonds. The molecule has 1 rings (SSSR count). The van der Waals surface area contributed by atoms with Crippen molar-refractivity contribution >= 4 is 0 Å². The van der Waals surface area contributed by atoms with Crippen LogP contribution in [0.5, 0.6) is 0 Å². The third kappa shape index (κ3) is 2.04. The second-order valence-electron chi connectivity index (χ2n) is 4.54. The van der Waals surface area contributed by atoms with Crippen molar-refractivity contribution in [1.82, 2.24) is 9.78 Å². The van der Waals surface area contributed by atoms with E-state index in [-0.39, 0.29) is 5.41 Å². The third-order valence-corrected chi connectivity index (χ3v) is 2.11. The van der Waals surface area contributed by atoms with Gasteiger partial charge in [-0.05, 0) is 0 Å². The lowest BCUT2D eigenvalue weighted by Crippen LogP contribution is -2.15. The van der Waals surface area contributed by atoms with Gasteiger partial charge in [0.05, 0.1) is 5.69 Å². The van der Waals surface area contributed by atoms with Gasteiger partial charge >= 0.3 is 0 Å². The van der Waals surface area contributed by atoms with Gasteiger partial charge in [-0.2, -0.15) is 5.10 Å². The first-order valence-corrected chi connectivity index (χ1v) is 4.71. The van der Waals surface area contributed by atoms with Gasteiger partial charge in [0.15, 0.2) is 0 Å². The summed E-state index contributed by atoms with van der Waals surface area (Å²) in [6.45, 7) is 9.82. The van der Waals surface area contributed by atoms with Gasteiger partial charge in [0.25, 0.3) is 0 Å². The van der Waals surface area contributed by atoms with E-state index >= 15 is 0 Å². The number of aryl methyl sites for hydroxylation is 1. The molecule has 0 fully saturated rings. The van der Waals surface area contributed by atoms with Crippen molar-refractivity contribution in [3.05, 3.63) is 30.1 Å². The van der Waals surface area contributed by atoms with Crippen molar-refractivity contribution in [2.24, 2.45) is 7.05 Å². The van der Waals surface area contributed by atoms with Gasteiger partial charge in [0, 0.05) is 24.2 Å². The van der Waals surface area contributed by atoms with Gasteiger partial charge in [0.2, 0.25) is 0 Å². The van der Waals surface area contributed by atoms with E-state index in [2.05, 4.69) is 32.4 Å². The van der Waals surface area contributed by atoms with Crippen LogP contribution < -0.4 is 0 Å². The van der Waals surface area contributed by atoms with Gasteiger partial charge in [-0.15, -0.1) is 6.58 Å². The van der Waals surface area contributed by atoms with Crippen LogP contribution in [0.4, 0.5) is 0 Å². The molecular weight excluding hydrogens is 176 g/mol. The second-order valence-corrected chi connectivity index (χ2v) is 4.54. The molecule has 1 aromatic heterocycles. The first-order valence-electron chi connectivity index (χ1n) is 4.71. The highest BCUT2D eigenvalue weighted by atomic mass is 16.3. The number of aromatic nitrogens is 2. The van der Waals surface area contributed by atoms with E-state index in [1.54, 1.807) is 4.68 Å². The zero-order chi connectivity index (χ0) is 10.9. The Morgan fingerprint density at radius 3 is 2.57 bits per heavy atom. The highest BCUT2D eigenvalue weighted by molar-refractivity contribution is 5.28. The Labute approximate surface area is 85.1 Å². The van der Waals surface area contributed by atoms with Gasteiger partial charge in [0.1, 0.15) is 6.10 Å². The van der Waals surface area contributed by atoms with Crippen LogP contribution in [0.1, 0.15) is 38.1 Å². The van der Waals surface area contributed by atoms with Crippen molar-refractivity contribution in [3.63, 3.8) is 0 Å². The van der Waals surface area contributed by atoms with Crippen LogP contribution >= 0.6 is 0 Å². The molecule has 0 saturated carbocycles. The zero-order valence-corrected chi connectivity index (χ0v) is 9.28. The first kappa shape index (κ1) is 11.0. The summed E-state index contributed by atoms with van der Waals surface area (Å²) in [5.41, 5.74) is 1.71. The van der Waals surface area contributed by atoms with Crippen LogP contribution in [0.15, 0.2) is 18.9 Å². The van der Waals surface area contributed by atoms with Crippen LogP contribution in [0.3, 0.4) is 0 Å². The summed E-state index contributed by atoms with van der Waals surface area (Å²) in [6, 6.07) is 0. The third-order valence-electron chi connectivity index (χ3n) is 2.11. The minimum atomic E-state index is -0.627. The lowest BCUT2D eigenvalue weighted by molar-refractivity contribution is 0.226. The Kier molecular flexibility index (Phi) is 2.81. The summed E-state index contributed by atoms with van der Waals surface area (Å²) in [7, 11) is 1.86. The van der Waals surface area contributed by atoms with Crippen molar-refractivity contribution in [1.29, 1.82) is 0 Å². The lowest BCUT2D eigenvalue weighted by Gasteiger charge is -2.18. The molecule has 0 aromatic carbocycles. The minimum Gasteiger partial charge on any atom is -0.384 e. The summed E-state index contributed by atoms with van der Waals surface area (Å²) in [5.74, 6) is 0. The van der Waals surface area contributed by atoms with Crippen molar-refractivity contribution in [2.45, 2.75) is 32.3 Å². The van der Waals surface area contributed by atoms with Crippen LogP contribution in [-0.4, -0.2) is 14.9 Å². The molecule has 78 valence electrons. The Morgan fingerprint density at radius 1 is 1.57 bits per heavy atom. The first-order chi connectivity index (χ1) is 6.36. The molecule has 0 spiro atoms. The number of aliphatic hydroxyl groups excluding tert-OH is 1. The van der Waals surface area contributed by atoms with Gasteiger partial charge < -0.3 is 5.11 Å². The summed E-state index contributed by atoms with van der Waals surface area (Å²) in [6.07, 6.45) is 2.73. The molecule has 14 heavy (non-hydrogen) atoms. The maximum atomic E-state index is 9.72. The Morgan fingerprint density at radius 2 is 2.14 bits per heavy atom. The van der Waals surface area contributed by atoms with Gasteiger partial charge in [-0.25, -0.2) is 0 Å². The Bertz CT molecular complexity index is 334. The standard InChI is InChI=1S/C11H18N2O/c1-6-9(14)8-7-13(5)12-10(8)11(2,3)4/h6-7,9,14H,1H2,2-5H3. The van der Waals surface area contributed by atoms with Gasteiger partial charge in [-0.3, -0.25) is 4.68 Å². The summed E-state index contributed by atoms with van der Waals surface area (Å²) >= 11 is 0. The Balaban J connectivity index is 3.22. The fraction of sp³-hybridized carbons (Fsp3) is 0.545. The van der Waals surface area contributed by atoms with Crippen LogP contribution in [-0.2, 0) is 12.5 Å².